The third kappa shape index (κ3) is 2.46. The Labute approximate surface area is 121 Å². The summed E-state index contributed by atoms with van der Waals surface area (Å²) in [6.07, 6.45) is 3.57. The molecule has 3 rings (SSSR count). The minimum absolute atomic E-state index is 0.0710. The molecule has 2 aromatic carbocycles. The summed E-state index contributed by atoms with van der Waals surface area (Å²) in [6, 6.07) is 11.8. The monoisotopic (exact) mass is 318 g/mol. The van der Waals surface area contributed by atoms with Gasteiger partial charge in [0, 0.05) is 5.56 Å². The zero-order valence-corrected chi connectivity index (χ0v) is 12.5. The van der Waals surface area contributed by atoms with Crippen LogP contribution in [0.15, 0.2) is 36.4 Å². The molecule has 19 heavy (non-hydrogen) atoms. The van der Waals surface area contributed by atoms with E-state index in [9.17, 15) is 4.39 Å². The van der Waals surface area contributed by atoms with Crippen LogP contribution in [-0.2, 0) is 12.8 Å². The Morgan fingerprint density at radius 3 is 2.68 bits per heavy atom. The lowest BCUT2D eigenvalue weighted by molar-refractivity contribution is 0.613. The van der Waals surface area contributed by atoms with Crippen molar-refractivity contribution < 1.29 is 4.39 Å². The normalized spacial score (nSPS) is 15.3. The molecule has 2 heteroatoms. The van der Waals surface area contributed by atoms with E-state index in [4.69, 9.17) is 0 Å². The highest BCUT2D eigenvalue weighted by Gasteiger charge is 2.18. The Balaban J connectivity index is 1.99. The number of rotatable bonds is 2. The van der Waals surface area contributed by atoms with Crippen LogP contribution in [0.1, 0.15) is 39.1 Å². The molecule has 0 fully saturated rings. The minimum Gasteiger partial charge on any atom is -0.207 e. The Kier molecular flexibility index (Phi) is 3.44. The van der Waals surface area contributed by atoms with Crippen LogP contribution < -0.4 is 0 Å². The minimum atomic E-state index is -0.145. The molecule has 0 radical (unpaired) electrons. The molecule has 1 aliphatic carbocycles. The first-order valence-corrected chi connectivity index (χ1v) is 7.58. The summed E-state index contributed by atoms with van der Waals surface area (Å²) in [6.45, 7) is 1.99. The molecule has 0 saturated carbocycles. The molecule has 0 spiro atoms. The first-order valence-electron chi connectivity index (χ1n) is 6.67. The van der Waals surface area contributed by atoms with Crippen LogP contribution in [0.25, 0.3) is 0 Å². The highest BCUT2D eigenvalue weighted by molar-refractivity contribution is 9.09. The smallest absolute Gasteiger partial charge is 0.127 e. The van der Waals surface area contributed by atoms with E-state index in [1.165, 1.54) is 24.0 Å². The van der Waals surface area contributed by atoms with Crippen molar-refractivity contribution in [2.75, 3.05) is 0 Å². The zero-order chi connectivity index (χ0) is 13.4. The van der Waals surface area contributed by atoms with Crippen LogP contribution in [0.4, 0.5) is 4.39 Å². The van der Waals surface area contributed by atoms with E-state index in [1.54, 1.807) is 12.1 Å². The Hall–Kier alpha value is -1.15. The predicted octanol–water partition coefficient (Wildman–Crippen LogP) is 5.11. The van der Waals surface area contributed by atoms with Gasteiger partial charge in [0.25, 0.3) is 0 Å². The maximum Gasteiger partial charge on any atom is 0.127 e. The molecule has 0 heterocycles. The average molecular weight is 319 g/mol. The summed E-state index contributed by atoms with van der Waals surface area (Å²) in [4.78, 5) is -0.0710. The summed E-state index contributed by atoms with van der Waals surface area (Å²) in [5.74, 6) is -0.145. The fraction of sp³-hybridized carbons (Fsp3) is 0.294. The van der Waals surface area contributed by atoms with Gasteiger partial charge in [0.15, 0.2) is 0 Å². The van der Waals surface area contributed by atoms with E-state index >= 15 is 0 Å². The topological polar surface area (TPSA) is 0 Å². The molecular formula is C17H16BrF. The molecule has 1 unspecified atom stereocenters. The van der Waals surface area contributed by atoms with E-state index in [0.717, 1.165) is 23.1 Å². The average Bonchev–Trinajstić information content (AvgIpc) is 2.88. The molecular weight excluding hydrogens is 303 g/mol. The summed E-state index contributed by atoms with van der Waals surface area (Å²) in [5.41, 5.74) is 5.83. The number of alkyl halides is 1. The molecule has 2 aromatic rings. The maximum absolute atomic E-state index is 13.9. The Bertz CT molecular complexity index is 619. The number of hydrogen-bond donors (Lipinski definition) is 0. The van der Waals surface area contributed by atoms with Crippen LogP contribution in [0.3, 0.4) is 0 Å². The SMILES string of the molecule is Cc1ccc(F)c(C(Br)c2ccc3c(c2)CCC3)c1. The van der Waals surface area contributed by atoms with E-state index in [0.29, 0.717) is 0 Å². The van der Waals surface area contributed by atoms with Crippen molar-refractivity contribution in [2.45, 2.75) is 31.0 Å². The summed E-state index contributed by atoms with van der Waals surface area (Å²) < 4.78 is 13.9. The van der Waals surface area contributed by atoms with Crippen molar-refractivity contribution >= 4 is 15.9 Å². The van der Waals surface area contributed by atoms with E-state index in [1.807, 2.05) is 13.0 Å². The summed E-state index contributed by atoms with van der Waals surface area (Å²) >= 11 is 3.65. The molecule has 0 nitrogen and oxygen atoms in total. The van der Waals surface area contributed by atoms with Gasteiger partial charge >= 0.3 is 0 Å². The van der Waals surface area contributed by atoms with Crippen LogP contribution in [0, 0.1) is 12.7 Å². The summed E-state index contributed by atoms with van der Waals surface area (Å²) in [5, 5.41) is 0. The molecule has 98 valence electrons. The number of hydrogen-bond acceptors (Lipinski definition) is 0. The van der Waals surface area contributed by atoms with E-state index in [2.05, 4.69) is 34.1 Å². The molecule has 0 amide bonds. The summed E-state index contributed by atoms with van der Waals surface area (Å²) in [7, 11) is 0. The highest BCUT2D eigenvalue weighted by Crippen LogP contribution is 2.35. The number of halogens is 2. The van der Waals surface area contributed by atoms with Gasteiger partial charge in [-0.1, -0.05) is 51.8 Å². The molecule has 0 aliphatic heterocycles. The van der Waals surface area contributed by atoms with Gasteiger partial charge in [-0.15, -0.1) is 0 Å². The fourth-order valence-corrected chi connectivity index (χ4v) is 3.42. The van der Waals surface area contributed by atoms with Gasteiger partial charge in [0.05, 0.1) is 4.83 Å². The van der Waals surface area contributed by atoms with E-state index in [-0.39, 0.29) is 10.6 Å². The van der Waals surface area contributed by atoms with Crippen molar-refractivity contribution in [3.63, 3.8) is 0 Å². The lowest BCUT2D eigenvalue weighted by Gasteiger charge is -2.14. The van der Waals surface area contributed by atoms with Gasteiger partial charge in [-0.3, -0.25) is 0 Å². The fourth-order valence-electron chi connectivity index (χ4n) is 2.79. The van der Waals surface area contributed by atoms with Gasteiger partial charge in [0.2, 0.25) is 0 Å². The Morgan fingerprint density at radius 1 is 1.05 bits per heavy atom. The lowest BCUT2D eigenvalue weighted by Crippen LogP contribution is -1.98. The Morgan fingerprint density at radius 2 is 1.84 bits per heavy atom. The van der Waals surface area contributed by atoms with Crippen LogP contribution >= 0.6 is 15.9 Å². The number of benzene rings is 2. The van der Waals surface area contributed by atoms with Crippen LogP contribution in [0.2, 0.25) is 0 Å². The second-order valence-electron chi connectivity index (χ2n) is 5.27. The van der Waals surface area contributed by atoms with Gasteiger partial charge in [-0.2, -0.15) is 0 Å². The standard InChI is InChI=1S/C17H16BrF/c1-11-5-8-16(19)15(9-11)17(18)14-7-6-12-3-2-4-13(12)10-14/h5-10,17H,2-4H2,1H3. The number of fused-ring (bicyclic) bond motifs is 1. The quantitative estimate of drug-likeness (QED) is 0.675. The number of aryl methyl sites for hydroxylation is 3. The van der Waals surface area contributed by atoms with Crippen molar-refractivity contribution in [3.8, 4) is 0 Å². The van der Waals surface area contributed by atoms with Crippen LogP contribution in [-0.4, -0.2) is 0 Å². The first kappa shape index (κ1) is 12.9. The highest BCUT2D eigenvalue weighted by atomic mass is 79.9. The van der Waals surface area contributed by atoms with Crippen molar-refractivity contribution in [2.24, 2.45) is 0 Å². The van der Waals surface area contributed by atoms with Crippen molar-refractivity contribution in [3.05, 3.63) is 70.0 Å². The van der Waals surface area contributed by atoms with E-state index < -0.39 is 0 Å². The molecule has 0 saturated heterocycles. The third-order valence-electron chi connectivity index (χ3n) is 3.84. The zero-order valence-electron chi connectivity index (χ0n) is 10.9. The molecule has 0 N–H and O–H groups in total. The van der Waals surface area contributed by atoms with Gasteiger partial charge < -0.3 is 0 Å². The maximum atomic E-state index is 13.9. The molecule has 0 bridgehead atoms. The third-order valence-corrected chi connectivity index (χ3v) is 4.86. The molecule has 0 aromatic heterocycles. The van der Waals surface area contributed by atoms with Gasteiger partial charge in [-0.05, 0) is 48.9 Å². The van der Waals surface area contributed by atoms with Gasteiger partial charge in [-0.25, -0.2) is 4.39 Å². The van der Waals surface area contributed by atoms with Crippen LogP contribution in [0.5, 0.6) is 0 Å². The molecule has 1 aliphatic rings. The second kappa shape index (κ2) is 5.09. The van der Waals surface area contributed by atoms with Crippen molar-refractivity contribution in [1.29, 1.82) is 0 Å². The molecule has 1 atom stereocenters. The van der Waals surface area contributed by atoms with Gasteiger partial charge in [0.1, 0.15) is 5.82 Å². The first-order chi connectivity index (χ1) is 9.15. The predicted molar refractivity (Wildman–Crippen MR) is 80.4 cm³/mol. The van der Waals surface area contributed by atoms with Crippen molar-refractivity contribution in [1.82, 2.24) is 0 Å². The second-order valence-corrected chi connectivity index (χ2v) is 6.18. The lowest BCUT2D eigenvalue weighted by atomic mass is 9.99. The largest absolute Gasteiger partial charge is 0.207 e.